The molecule has 0 saturated heterocycles. The van der Waals surface area contributed by atoms with Crippen molar-refractivity contribution in [1.29, 1.82) is 0 Å². The molecule has 0 aliphatic carbocycles. The minimum atomic E-state index is -2.98. The average Bonchev–Trinajstić information content (AvgIpc) is 2.24. The van der Waals surface area contributed by atoms with Crippen LogP contribution in [-0.2, 0) is 14.6 Å². The van der Waals surface area contributed by atoms with Gasteiger partial charge in [0.05, 0.1) is 5.75 Å². The van der Waals surface area contributed by atoms with Crippen molar-refractivity contribution >= 4 is 15.7 Å². The molecule has 0 aliphatic rings. The highest BCUT2D eigenvalue weighted by Gasteiger charge is 2.20. The van der Waals surface area contributed by atoms with E-state index in [1.165, 1.54) is 6.26 Å². The molecule has 0 bridgehead atoms. The Morgan fingerprint density at radius 2 is 1.82 bits per heavy atom. The SMILES string of the molecule is CCC(N)(CC)CNC(=O)CCCS(C)(=O)=O. The van der Waals surface area contributed by atoms with Crippen molar-refractivity contribution in [3.05, 3.63) is 0 Å². The third kappa shape index (κ3) is 8.15. The smallest absolute Gasteiger partial charge is 0.220 e. The monoisotopic (exact) mass is 264 g/mol. The molecule has 0 unspecified atom stereocenters. The van der Waals surface area contributed by atoms with E-state index in [0.717, 1.165) is 12.8 Å². The van der Waals surface area contributed by atoms with Gasteiger partial charge in [0.15, 0.2) is 0 Å². The largest absolute Gasteiger partial charge is 0.354 e. The molecule has 0 aliphatic heterocycles. The molecule has 0 atom stereocenters. The fourth-order valence-electron chi connectivity index (χ4n) is 1.36. The van der Waals surface area contributed by atoms with Gasteiger partial charge in [-0.05, 0) is 19.3 Å². The molecule has 0 fully saturated rings. The normalized spacial score (nSPS) is 12.5. The van der Waals surface area contributed by atoms with Crippen LogP contribution in [-0.4, -0.2) is 38.4 Å². The Kier molecular flexibility index (Phi) is 6.70. The van der Waals surface area contributed by atoms with Crippen LogP contribution in [0, 0.1) is 0 Å². The third-order valence-corrected chi connectivity index (χ3v) is 4.00. The fraction of sp³-hybridized carbons (Fsp3) is 0.909. The molecule has 1 amide bonds. The van der Waals surface area contributed by atoms with Gasteiger partial charge >= 0.3 is 0 Å². The molecule has 0 saturated carbocycles. The second-order valence-corrected chi connectivity index (χ2v) is 6.84. The topological polar surface area (TPSA) is 89.3 Å². The fourth-order valence-corrected chi connectivity index (χ4v) is 2.03. The van der Waals surface area contributed by atoms with Crippen molar-refractivity contribution in [2.24, 2.45) is 5.73 Å². The van der Waals surface area contributed by atoms with Gasteiger partial charge in [0.1, 0.15) is 9.84 Å². The van der Waals surface area contributed by atoms with Crippen LogP contribution in [0.3, 0.4) is 0 Å². The molecule has 5 nitrogen and oxygen atoms in total. The van der Waals surface area contributed by atoms with Crippen molar-refractivity contribution in [3.63, 3.8) is 0 Å². The summed E-state index contributed by atoms with van der Waals surface area (Å²) < 4.78 is 21.7. The molecule has 102 valence electrons. The molecule has 0 aromatic carbocycles. The number of sulfone groups is 1. The number of nitrogens with one attached hydrogen (secondary N) is 1. The first-order valence-corrected chi connectivity index (χ1v) is 8.02. The van der Waals surface area contributed by atoms with E-state index in [9.17, 15) is 13.2 Å². The zero-order valence-corrected chi connectivity index (χ0v) is 11.8. The Morgan fingerprint density at radius 1 is 1.29 bits per heavy atom. The number of nitrogens with two attached hydrogens (primary N) is 1. The summed E-state index contributed by atoms with van der Waals surface area (Å²) >= 11 is 0. The third-order valence-electron chi connectivity index (χ3n) is 2.96. The minimum absolute atomic E-state index is 0.0513. The van der Waals surface area contributed by atoms with Gasteiger partial charge in [-0.2, -0.15) is 0 Å². The number of rotatable bonds is 8. The highest BCUT2D eigenvalue weighted by Crippen LogP contribution is 2.09. The van der Waals surface area contributed by atoms with Gasteiger partial charge < -0.3 is 11.1 Å². The molecule has 0 radical (unpaired) electrons. The predicted molar refractivity (Wildman–Crippen MR) is 69.5 cm³/mol. The quantitative estimate of drug-likeness (QED) is 0.666. The Morgan fingerprint density at radius 3 is 2.24 bits per heavy atom. The number of carbonyl (C=O) groups is 1. The zero-order valence-electron chi connectivity index (χ0n) is 11.0. The molecule has 17 heavy (non-hydrogen) atoms. The lowest BCUT2D eigenvalue weighted by atomic mass is 9.94. The highest BCUT2D eigenvalue weighted by molar-refractivity contribution is 7.90. The van der Waals surface area contributed by atoms with E-state index < -0.39 is 9.84 Å². The van der Waals surface area contributed by atoms with E-state index in [2.05, 4.69) is 5.32 Å². The lowest BCUT2D eigenvalue weighted by molar-refractivity contribution is -0.121. The minimum Gasteiger partial charge on any atom is -0.354 e. The molecule has 0 spiro atoms. The van der Waals surface area contributed by atoms with Crippen LogP contribution in [0.1, 0.15) is 39.5 Å². The summed E-state index contributed by atoms with van der Waals surface area (Å²) in [5.74, 6) is -0.0826. The van der Waals surface area contributed by atoms with Crippen molar-refractivity contribution in [1.82, 2.24) is 5.32 Å². The van der Waals surface area contributed by atoms with Crippen molar-refractivity contribution in [2.75, 3.05) is 18.6 Å². The Labute approximate surface area is 104 Å². The standard InChI is InChI=1S/C11H24N2O3S/c1-4-11(12,5-2)9-13-10(14)7-6-8-17(3,15)16/h4-9,12H2,1-3H3,(H,13,14). The zero-order chi connectivity index (χ0) is 13.5. The van der Waals surface area contributed by atoms with Crippen molar-refractivity contribution < 1.29 is 13.2 Å². The number of hydrogen-bond donors (Lipinski definition) is 2. The van der Waals surface area contributed by atoms with Gasteiger partial charge in [0.2, 0.25) is 5.91 Å². The van der Waals surface area contributed by atoms with E-state index in [1.54, 1.807) is 0 Å². The molecule has 0 heterocycles. The van der Waals surface area contributed by atoms with Crippen LogP contribution >= 0.6 is 0 Å². The van der Waals surface area contributed by atoms with Crippen LogP contribution in [0.15, 0.2) is 0 Å². The first-order chi connectivity index (χ1) is 7.72. The van der Waals surface area contributed by atoms with E-state index in [0.29, 0.717) is 13.0 Å². The van der Waals surface area contributed by atoms with Gasteiger partial charge in [-0.3, -0.25) is 4.79 Å². The van der Waals surface area contributed by atoms with Crippen molar-refractivity contribution in [3.8, 4) is 0 Å². The second-order valence-electron chi connectivity index (χ2n) is 4.58. The van der Waals surface area contributed by atoms with Gasteiger partial charge in [-0.15, -0.1) is 0 Å². The average molecular weight is 264 g/mol. The maximum atomic E-state index is 11.4. The number of carbonyl (C=O) groups excluding carboxylic acids is 1. The molecule has 3 N–H and O–H groups in total. The van der Waals surface area contributed by atoms with Crippen LogP contribution in [0.4, 0.5) is 0 Å². The first-order valence-electron chi connectivity index (χ1n) is 5.96. The van der Waals surface area contributed by atoms with E-state index in [-0.39, 0.29) is 23.6 Å². The highest BCUT2D eigenvalue weighted by atomic mass is 32.2. The van der Waals surface area contributed by atoms with Crippen molar-refractivity contribution in [2.45, 2.75) is 45.1 Å². The molecule has 0 rings (SSSR count). The van der Waals surface area contributed by atoms with E-state index in [4.69, 9.17) is 5.73 Å². The van der Waals surface area contributed by atoms with E-state index in [1.807, 2.05) is 13.8 Å². The Balaban J connectivity index is 3.88. The number of amides is 1. The summed E-state index contributed by atoms with van der Waals surface area (Å²) in [7, 11) is -2.98. The summed E-state index contributed by atoms with van der Waals surface area (Å²) in [6.07, 6.45) is 3.36. The summed E-state index contributed by atoms with van der Waals surface area (Å²) in [5.41, 5.74) is 5.68. The molecule has 0 aromatic rings. The van der Waals surface area contributed by atoms with Gasteiger partial charge in [-0.1, -0.05) is 13.8 Å². The van der Waals surface area contributed by atoms with Crippen LogP contribution in [0.5, 0.6) is 0 Å². The maximum absolute atomic E-state index is 11.4. The second kappa shape index (κ2) is 6.96. The summed E-state index contributed by atoms with van der Waals surface area (Å²) in [4.78, 5) is 11.4. The molecular weight excluding hydrogens is 240 g/mol. The molecule has 0 aromatic heterocycles. The number of hydrogen-bond acceptors (Lipinski definition) is 4. The summed E-state index contributed by atoms with van der Waals surface area (Å²) in [6.45, 7) is 4.41. The Bertz CT molecular complexity index is 335. The van der Waals surface area contributed by atoms with Gasteiger partial charge in [0, 0.05) is 24.8 Å². The summed E-state index contributed by atoms with van der Waals surface area (Å²) in [6, 6.07) is 0. The summed E-state index contributed by atoms with van der Waals surface area (Å²) in [5, 5.41) is 2.75. The van der Waals surface area contributed by atoms with Crippen LogP contribution in [0.2, 0.25) is 0 Å². The maximum Gasteiger partial charge on any atom is 0.220 e. The van der Waals surface area contributed by atoms with Crippen LogP contribution in [0.25, 0.3) is 0 Å². The molecular formula is C11H24N2O3S. The van der Waals surface area contributed by atoms with Gasteiger partial charge in [0.25, 0.3) is 0 Å². The predicted octanol–water partition coefficient (Wildman–Crippen LogP) is 0.445. The lowest BCUT2D eigenvalue weighted by Gasteiger charge is -2.26. The molecule has 6 heteroatoms. The van der Waals surface area contributed by atoms with Gasteiger partial charge in [-0.25, -0.2) is 8.42 Å². The van der Waals surface area contributed by atoms with E-state index >= 15 is 0 Å². The van der Waals surface area contributed by atoms with Crippen LogP contribution < -0.4 is 11.1 Å². The first kappa shape index (κ1) is 16.4. The Hall–Kier alpha value is -0.620. The lowest BCUT2D eigenvalue weighted by Crippen LogP contribution is -2.49.